The van der Waals surface area contributed by atoms with Crippen LogP contribution in [-0.4, -0.2) is 30.1 Å². The third-order valence-corrected chi connectivity index (χ3v) is 10.3. The van der Waals surface area contributed by atoms with Gasteiger partial charge in [-0.25, -0.2) is 5.43 Å². The Morgan fingerprint density at radius 1 is 0.956 bits per heavy atom. The molecule has 2 heterocycles. The van der Waals surface area contributed by atoms with E-state index in [0.717, 1.165) is 47.1 Å². The number of carbonyl (C=O) groups is 1. The van der Waals surface area contributed by atoms with Gasteiger partial charge in [0.1, 0.15) is 18.2 Å². The zero-order valence-corrected chi connectivity index (χ0v) is 28.3. The Labute approximate surface area is 279 Å². The molecule has 0 unspecified atom stereocenters. The van der Waals surface area contributed by atoms with Crippen molar-refractivity contribution in [1.29, 1.82) is 5.41 Å². The van der Waals surface area contributed by atoms with Gasteiger partial charge in [0, 0.05) is 22.7 Å². The van der Waals surface area contributed by atoms with E-state index in [0.29, 0.717) is 18.0 Å². The van der Waals surface area contributed by atoms with Gasteiger partial charge in [0.25, 0.3) is 5.91 Å². The number of hydrogen-bond acceptors (Lipinski definition) is 9. The summed E-state index contributed by atoms with van der Waals surface area (Å²) in [5.74, 6) is 0.957. The molecule has 0 aliphatic carbocycles. The van der Waals surface area contributed by atoms with Gasteiger partial charge in [0.2, 0.25) is 0 Å². The normalized spacial score (nSPS) is 10.9. The van der Waals surface area contributed by atoms with Crippen molar-refractivity contribution < 1.29 is 9.53 Å². The summed E-state index contributed by atoms with van der Waals surface area (Å²) in [6.45, 7) is 2.47. The molecule has 0 aliphatic rings. The lowest BCUT2D eigenvalue weighted by atomic mass is 10.1. The number of ether oxygens (including phenoxy) is 1. The van der Waals surface area contributed by atoms with Crippen molar-refractivity contribution in [2.24, 2.45) is 16.6 Å². The molecule has 232 valence electrons. The number of aryl methyl sites for hydroxylation is 1. The molecular formula is C33H34N6O2S4. The molecule has 0 saturated carbocycles. The largest absolute Gasteiger partial charge is 0.489 e. The molecule has 0 spiro atoms. The number of nitrogens with one attached hydrogen (secondary N) is 3. The van der Waals surface area contributed by atoms with Crippen LogP contribution in [-0.2, 0) is 6.61 Å². The molecule has 7 N–H and O–H groups in total. The van der Waals surface area contributed by atoms with E-state index in [-0.39, 0.29) is 11.7 Å². The van der Waals surface area contributed by atoms with Crippen molar-refractivity contribution >= 4 is 75.2 Å². The van der Waals surface area contributed by atoms with Crippen LogP contribution in [0.2, 0.25) is 0 Å². The van der Waals surface area contributed by atoms with E-state index in [4.69, 9.17) is 21.6 Å². The Morgan fingerprint density at radius 2 is 1.73 bits per heavy atom. The molecule has 12 heteroatoms. The Kier molecular flexibility index (Phi) is 12.5. The fourth-order valence-electron chi connectivity index (χ4n) is 3.97. The zero-order chi connectivity index (χ0) is 32.2. The summed E-state index contributed by atoms with van der Waals surface area (Å²) < 4.78 is 7.03. The lowest BCUT2D eigenvalue weighted by Crippen LogP contribution is -2.23. The van der Waals surface area contributed by atoms with Crippen molar-refractivity contribution in [3.05, 3.63) is 123 Å². The van der Waals surface area contributed by atoms with Crippen molar-refractivity contribution in [2.75, 3.05) is 17.8 Å². The topological polar surface area (TPSA) is 139 Å². The van der Waals surface area contributed by atoms with Crippen molar-refractivity contribution in [1.82, 2.24) is 5.43 Å². The van der Waals surface area contributed by atoms with E-state index in [1.165, 1.54) is 11.3 Å². The number of anilines is 2. The highest BCUT2D eigenvalue weighted by Crippen LogP contribution is 2.37. The van der Waals surface area contributed by atoms with Crippen LogP contribution >= 0.6 is 46.2 Å². The maximum Gasteiger partial charge on any atom is 0.271 e. The van der Waals surface area contributed by atoms with Gasteiger partial charge < -0.3 is 21.5 Å². The average Bonchev–Trinajstić information content (AvgIpc) is 3.71. The third-order valence-electron chi connectivity index (χ3n) is 6.15. The highest BCUT2D eigenvalue weighted by molar-refractivity contribution is 8.00. The lowest BCUT2D eigenvalue weighted by Gasteiger charge is -2.10. The number of hydrazone groups is 1. The summed E-state index contributed by atoms with van der Waals surface area (Å²) in [7, 11) is 0. The second kappa shape index (κ2) is 16.7. The molecule has 0 radical (unpaired) electrons. The number of rotatable bonds is 11. The second-order valence-corrected chi connectivity index (χ2v) is 13.4. The standard InChI is InChI=1S/C19H19N3OS2.C14H15N3OS2/c1-24-17-16(12-25-18(17)19(20)21)22-14-8-5-9-15(10-14)23-11-13-6-3-2-4-7-13;1-9-4-3-5-10(8-9)14(18)17-16-13(15)11-6-7-12(19-2)20-11/h2-10,12,22H,11H2,1H3,(H3,20,21);3-8H,1-2H3,(H2,15,16)(H,17,18). The number of nitrogens with zero attached hydrogens (tertiary/aromatic N) is 1. The fraction of sp³-hybridized carbons (Fsp3) is 0.121. The van der Waals surface area contributed by atoms with E-state index in [1.54, 1.807) is 47.0 Å². The number of benzene rings is 3. The fourth-order valence-corrected chi connectivity index (χ4v) is 7.26. The average molecular weight is 675 g/mol. The number of carbonyl (C=O) groups excluding carboxylic acids is 1. The van der Waals surface area contributed by atoms with Gasteiger partial charge in [-0.05, 0) is 61.4 Å². The Balaban J connectivity index is 0.000000210. The number of hydrogen-bond donors (Lipinski definition) is 5. The molecule has 5 rings (SSSR count). The van der Waals surface area contributed by atoms with Crippen molar-refractivity contribution in [2.45, 2.75) is 22.6 Å². The van der Waals surface area contributed by atoms with E-state index in [1.807, 2.05) is 104 Å². The summed E-state index contributed by atoms with van der Waals surface area (Å²) in [5.41, 5.74) is 18.6. The number of thiophene rings is 2. The van der Waals surface area contributed by atoms with E-state index in [9.17, 15) is 4.79 Å². The Hall–Kier alpha value is -4.23. The minimum atomic E-state index is -0.265. The molecule has 0 saturated heterocycles. The summed E-state index contributed by atoms with van der Waals surface area (Å²) in [6.07, 6.45) is 3.99. The van der Waals surface area contributed by atoms with Crippen LogP contribution < -0.4 is 26.9 Å². The number of amides is 1. The molecule has 3 aromatic carbocycles. The van der Waals surface area contributed by atoms with Crippen LogP contribution in [0.5, 0.6) is 5.75 Å². The van der Waals surface area contributed by atoms with Crippen LogP contribution in [0.4, 0.5) is 11.4 Å². The predicted octanol–water partition coefficient (Wildman–Crippen LogP) is 7.91. The summed E-state index contributed by atoms with van der Waals surface area (Å²) in [4.78, 5) is 14.6. The number of nitrogens with two attached hydrogens (primary N) is 2. The minimum absolute atomic E-state index is 0.0994. The van der Waals surface area contributed by atoms with Gasteiger partial charge >= 0.3 is 0 Å². The minimum Gasteiger partial charge on any atom is -0.489 e. The predicted molar refractivity (Wildman–Crippen MR) is 193 cm³/mol. The lowest BCUT2D eigenvalue weighted by molar-refractivity contribution is 0.0954. The molecule has 0 bridgehead atoms. The van der Waals surface area contributed by atoms with Gasteiger partial charge in [-0.1, -0.05) is 54.1 Å². The number of nitrogen functional groups attached to an aromatic ring is 1. The van der Waals surface area contributed by atoms with Crippen molar-refractivity contribution in [3.8, 4) is 5.75 Å². The first kappa shape index (κ1) is 33.7. The van der Waals surface area contributed by atoms with Crippen LogP contribution in [0.15, 0.2) is 111 Å². The van der Waals surface area contributed by atoms with Gasteiger partial charge in [0.05, 0.1) is 24.5 Å². The smallest absolute Gasteiger partial charge is 0.271 e. The van der Waals surface area contributed by atoms with Gasteiger partial charge in [-0.3, -0.25) is 10.2 Å². The molecule has 1 amide bonds. The SMILES string of the molecule is CSc1c(Nc2cccc(OCc3ccccc3)c2)csc1C(=N)N.CSc1ccc(C(N)=NNC(=O)c2cccc(C)c2)s1. The first-order chi connectivity index (χ1) is 21.8. The van der Waals surface area contributed by atoms with Crippen LogP contribution in [0, 0.1) is 12.3 Å². The van der Waals surface area contributed by atoms with Crippen LogP contribution in [0.25, 0.3) is 0 Å². The molecular weight excluding hydrogens is 641 g/mol. The first-order valence-electron chi connectivity index (χ1n) is 13.7. The maximum absolute atomic E-state index is 11.9. The van der Waals surface area contributed by atoms with Crippen LogP contribution in [0.3, 0.4) is 0 Å². The number of amidine groups is 2. The second-order valence-electron chi connectivity index (χ2n) is 9.48. The Bertz CT molecular complexity index is 1770. The molecule has 2 aromatic heterocycles. The van der Waals surface area contributed by atoms with Gasteiger partial charge in [-0.15, -0.1) is 46.2 Å². The summed E-state index contributed by atoms with van der Waals surface area (Å²) in [6, 6.07) is 29.1. The highest BCUT2D eigenvalue weighted by Gasteiger charge is 2.13. The molecule has 0 fully saturated rings. The van der Waals surface area contributed by atoms with Crippen LogP contribution in [0.1, 0.15) is 31.2 Å². The van der Waals surface area contributed by atoms with Gasteiger partial charge in [-0.2, -0.15) is 5.10 Å². The molecule has 45 heavy (non-hydrogen) atoms. The van der Waals surface area contributed by atoms with E-state index in [2.05, 4.69) is 15.8 Å². The monoisotopic (exact) mass is 674 g/mol. The summed E-state index contributed by atoms with van der Waals surface area (Å²) >= 11 is 6.26. The Morgan fingerprint density at radius 3 is 2.42 bits per heavy atom. The van der Waals surface area contributed by atoms with E-state index >= 15 is 0 Å². The van der Waals surface area contributed by atoms with Gasteiger partial charge in [0.15, 0.2) is 5.84 Å². The van der Waals surface area contributed by atoms with E-state index < -0.39 is 0 Å². The quantitative estimate of drug-likeness (QED) is 0.0415. The zero-order valence-electron chi connectivity index (χ0n) is 25.0. The first-order valence-corrected chi connectivity index (χ1v) is 17.8. The molecule has 0 aliphatic heterocycles. The molecule has 8 nitrogen and oxygen atoms in total. The summed E-state index contributed by atoms with van der Waals surface area (Å²) in [5, 5.41) is 17.0. The number of thioether (sulfide) groups is 2. The van der Waals surface area contributed by atoms with Crippen molar-refractivity contribution in [3.63, 3.8) is 0 Å². The maximum atomic E-state index is 11.9. The highest BCUT2D eigenvalue weighted by atomic mass is 32.2. The molecule has 5 aromatic rings. The molecule has 0 atom stereocenters. The third kappa shape index (κ3) is 9.88.